The fraction of sp³-hybridized carbons (Fsp3) is 0.773. The lowest BCUT2D eigenvalue weighted by Crippen LogP contribution is -2.70. The van der Waals surface area contributed by atoms with Crippen molar-refractivity contribution < 1.29 is 29.6 Å². The average Bonchev–Trinajstić information content (AvgIpc) is 3.20. The SMILES string of the molecule is C=C1C2CCC(C)(O)C2CC23C(=O)C4(O)COC(C4)C2(O)OC(C=C(C)C)C13. The molecule has 2 bridgehead atoms. The summed E-state index contributed by atoms with van der Waals surface area (Å²) in [6.07, 6.45) is 2.41. The maximum Gasteiger partial charge on any atom is 0.206 e. The first kappa shape index (κ1) is 18.9. The first-order chi connectivity index (χ1) is 13.0. The Bertz CT molecular complexity index is 797. The van der Waals surface area contributed by atoms with Crippen LogP contribution in [0.5, 0.6) is 0 Å². The van der Waals surface area contributed by atoms with Crippen molar-refractivity contribution in [3.05, 3.63) is 23.8 Å². The van der Waals surface area contributed by atoms with Gasteiger partial charge in [0.2, 0.25) is 5.79 Å². The highest BCUT2D eigenvalue weighted by Gasteiger charge is 2.82. The van der Waals surface area contributed by atoms with Crippen molar-refractivity contribution in [3.8, 4) is 0 Å². The number of Topliss-reactive ketones (excluding diaryl/α,β-unsaturated/α-hetero) is 1. The second-order valence-corrected chi connectivity index (χ2v) is 10.2. The van der Waals surface area contributed by atoms with Gasteiger partial charge in [-0.3, -0.25) is 4.79 Å². The van der Waals surface area contributed by atoms with Gasteiger partial charge in [-0.15, -0.1) is 0 Å². The first-order valence-corrected chi connectivity index (χ1v) is 10.3. The average molecular weight is 390 g/mol. The molecule has 6 heteroatoms. The summed E-state index contributed by atoms with van der Waals surface area (Å²) < 4.78 is 11.9. The molecule has 0 aromatic rings. The molecule has 6 nitrogen and oxygen atoms in total. The zero-order chi connectivity index (χ0) is 20.3. The molecule has 3 saturated carbocycles. The molecule has 0 amide bonds. The Morgan fingerprint density at radius 1 is 1.25 bits per heavy atom. The first-order valence-electron chi connectivity index (χ1n) is 10.3. The minimum Gasteiger partial charge on any atom is -0.390 e. The van der Waals surface area contributed by atoms with Crippen LogP contribution in [0.25, 0.3) is 0 Å². The molecule has 154 valence electrons. The fourth-order valence-corrected chi connectivity index (χ4v) is 7.04. The van der Waals surface area contributed by atoms with Gasteiger partial charge in [0.1, 0.15) is 11.7 Å². The molecule has 1 spiro atoms. The van der Waals surface area contributed by atoms with Gasteiger partial charge in [0.05, 0.1) is 23.7 Å². The van der Waals surface area contributed by atoms with Crippen LogP contribution in [0.2, 0.25) is 0 Å². The monoisotopic (exact) mass is 390 g/mol. The number of allylic oxidation sites excluding steroid dienone is 1. The number of carbonyl (C=O) groups excluding carboxylic acids is 1. The predicted molar refractivity (Wildman–Crippen MR) is 100 cm³/mol. The molecule has 0 aromatic heterocycles. The molecule has 3 N–H and O–H groups in total. The molecule has 28 heavy (non-hydrogen) atoms. The number of carbonyl (C=O) groups is 1. The summed E-state index contributed by atoms with van der Waals surface area (Å²) in [6, 6.07) is 0. The molecule has 5 aliphatic rings. The number of hydrogen-bond acceptors (Lipinski definition) is 6. The van der Waals surface area contributed by atoms with E-state index in [-0.39, 0.29) is 31.3 Å². The van der Waals surface area contributed by atoms with E-state index < -0.39 is 46.3 Å². The minimum atomic E-state index is -1.83. The lowest BCUT2D eigenvalue weighted by atomic mass is 9.48. The number of ketones is 1. The summed E-state index contributed by atoms with van der Waals surface area (Å²) in [6.45, 7) is 9.95. The Kier molecular flexibility index (Phi) is 3.62. The molecular formula is C22H30O6. The molecule has 5 rings (SSSR count). The van der Waals surface area contributed by atoms with Gasteiger partial charge in [0.25, 0.3) is 0 Å². The quantitative estimate of drug-likeness (QED) is 0.587. The van der Waals surface area contributed by atoms with Crippen LogP contribution >= 0.6 is 0 Å². The van der Waals surface area contributed by atoms with E-state index in [0.29, 0.717) is 6.42 Å². The summed E-state index contributed by atoms with van der Waals surface area (Å²) in [5.41, 5.74) is -2.04. The Morgan fingerprint density at radius 2 is 1.96 bits per heavy atom. The number of aliphatic hydroxyl groups is 3. The molecule has 5 fully saturated rings. The van der Waals surface area contributed by atoms with Gasteiger partial charge in [-0.1, -0.05) is 23.8 Å². The van der Waals surface area contributed by atoms with Gasteiger partial charge in [0, 0.05) is 12.3 Å². The number of hydrogen-bond donors (Lipinski definition) is 3. The van der Waals surface area contributed by atoms with Crippen molar-refractivity contribution >= 4 is 5.78 Å². The topological polar surface area (TPSA) is 96.2 Å². The number of rotatable bonds is 1. The second-order valence-electron chi connectivity index (χ2n) is 10.2. The van der Waals surface area contributed by atoms with Crippen molar-refractivity contribution in [1.82, 2.24) is 0 Å². The summed E-state index contributed by atoms with van der Waals surface area (Å²) in [5, 5.41) is 33.9. The van der Waals surface area contributed by atoms with Crippen LogP contribution in [0, 0.1) is 23.2 Å². The summed E-state index contributed by atoms with van der Waals surface area (Å²) >= 11 is 0. The van der Waals surface area contributed by atoms with E-state index in [1.54, 1.807) is 6.92 Å². The lowest BCUT2D eigenvalue weighted by Gasteiger charge is -2.55. The summed E-state index contributed by atoms with van der Waals surface area (Å²) in [7, 11) is 0. The van der Waals surface area contributed by atoms with Crippen molar-refractivity contribution in [2.24, 2.45) is 23.2 Å². The molecule has 0 radical (unpaired) electrons. The fourth-order valence-electron chi connectivity index (χ4n) is 7.04. The third kappa shape index (κ3) is 1.98. The second kappa shape index (κ2) is 5.35. The molecule has 2 aliphatic heterocycles. The van der Waals surface area contributed by atoms with Crippen LogP contribution in [0.15, 0.2) is 23.8 Å². The van der Waals surface area contributed by atoms with Crippen LogP contribution < -0.4 is 0 Å². The standard InChI is InChI=1S/C22H30O6/c1-11(2)7-15-17-12(3)13-5-6-19(4,24)14(13)8-21(17)18(23)20(25)9-16(27-10-20)22(21,26)28-15/h7,13-17,24-26H,3,5-6,8-10H2,1-2,4H3. The van der Waals surface area contributed by atoms with E-state index in [4.69, 9.17) is 9.47 Å². The lowest BCUT2D eigenvalue weighted by molar-refractivity contribution is -0.291. The highest BCUT2D eigenvalue weighted by molar-refractivity contribution is 5.96. The van der Waals surface area contributed by atoms with Crippen molar-refractivity contribution in [3.63, 3.8) is 0 Å². The van der Waals surface area contributed by atoms with E-state index in [9.17, 15) is 20.1 Å². The van der Waals surface area contributed by atoms with Crippen LogP contribution in [0.1, 0.15) is 46.5 Å². The molecular weight excluding hydrogens is 360 g/mol. The molecule has 0 aromatic carbocycles. The Hall–Kier alpha value is -1.05. The zero-order valence-electron chi connectivity index (χ0n) is 16.8. The van der Waals surface area contributed by atoms with E-state index in [0.717, 1.165) is 17.6 Å². The van der Waals surface area contributed by atoms with Crippen LogP contribution in [-0.2, 0) is 14.3 Å². The molecule has 2 saturated heterocycles. The third-order valence-electron chi connectivity index (χ3n) is 8.29. The number of fused-ring (bicyclic) bond motifs is 4. The molecule has 3 aliphatic carbocycles. The van der Waals surface area contributed by atoms with Crippen LogP contribution in [0.3, 0.4) is 0 Å². The Balaban J connectivity index is 1.73. The maximum absolute atomic E-state index is 13.8. The summed E-state index contributed by atoms with van der Waals surface area (Å²) in [5.74, 6) is -2.81. The molecule has 9 atom stereocenters. The van der Waals surface area contributed by atoms with E-state index in [2.05, 4.69) is 6.58 Å². The van der Waals surface area contributed by atoms with E-state index >= 15 is 0 Å². The third-order valence-corrected chi connectivity index (χ3v) is 8.29. The number of ether oxygens (including phenoxy) is 2. The van der Waals surface area contributed by atoms with Crippen LogP contribution in [0.4, 0.5) is 0 Å². The maximum atomic E-state index is 13.8. The van der Waals surface area contributed by atoms with Gasteiger partial charge >= 0.3 is 0 Å². The predicted octanol–water partition coefficient (Wildman–Crippen LogP) is 1.48. The van der Waals surface area contributed by atoms with Gasteiger partial charge in [-0.05, 0) is 51.9 Å². The highest BCUT2D eigenvalue weighted by atomic mass is 16.7. The molecule has 2 heterocycles. The van der Waals surface area contributed by atoms with E-state index in [1.807, 2.05) is 19.9 Å². The van der Waals surface area contributed by atoms with Gasteiger partial charge in [-0.25, -0.2) is 0 Å². The summed E-state index contributed by atoms with van der Waals surface area (Å²) in [4.78, 5) is 13.8. The van der Waals surface area contributed by atoms with Crippen molar-refractivity contribution in [1.29, 1.82) is 0 Å². The molecule has 9 unspecified atom stereocenters. The van der Waals surface area contributed by atoms with Gasteiger partial charge < -0.3 is 24.8 Å². The normalized spacial score (nSPS) is 57.0. The van der Waals surface area contributed by atoms with Gasteiger partial charge in [-0.2, -0.15) is 0 Å². The highest BCUT2D eigenvalue weighted by Crippen LogP contribution is 2.70. The van der Waals surface area contributed by atoms with Gasteiger partial charge in [0.15, 0.2) is 5.78 Å². The van der Waals surface area contributed by atoms with Crippen molar-refractivity contribution in [2.45, 2.75) is 75.7 Å². The Labute approximate surface area is 165 Å². The Morgan fingerprint density at radius 3 is 2.64 bits per heavy atom. The zero-order valence-corrected chi connectivity index (χ0v) is 16.8. The van der Waals surface area contributed by atoms with Crippen molar-refractivity contribution in [2.75, 3.05) is 6.61 Å². The van der Waals surface area contributed by atoms with Crippen LogP contribution in [-0.4, -0.2) is 56.9 Å². The minimum absolute atomic E-state index is 0.0370. The largest absolute Gasteiger partial charge is 0.390 e. The van der Waals surface area contributed by atoms with E-state index in [1.165, 1.54) is 0 Å². The smallest absolute Gasteiger partial charge is 0.206 e.